The second-order valence-electron chi connectivity index (χ2n) is 6.38. The van der Waals surface area contributed by atoms with Crippen LogP contribution in [0.2, 0.25) is 0 Å². The van der Waals surface area contributed by atoms with Gasteiger partial charge in [0, 0.05) is 30.1 Å². The first-order chi connectivity index (χ1) is 12.2. The molecule has 1 aliphatic heterocycles. The van der Waals surface area contributed by atoms with Gasteiger partial charge in [0.2, 0.25) is 10.0 Å². The molecule has 0 amide bonds. The molecule has 0 aliphatic carbocycles. The van der Waals surface area contributed by atoms with Gasteiger partial charge in [-0.1, -0.05) is 6.92 Å². The molecule has 0 spiro atoms. The van der Waals surface area contributed by atoms with E-state index in [1.807, 2.05) is 12.3 Å². The first kappa shape index (κ1) is 19.5. The summed E-state index contributed by atoms with van der Waals surface area (Å²) in [7, 11) is -6.95. The van der Waals surface area contributed by atoms with Crippen LogP contribution in [0, 0.1) is 6.92 Å². The standard InChI is InChI=1S/C17H22N2O4S3/c1-3-25(20,21)15-4-6-16(7-5-15)26(22,23)19-10-8-14(9-11-19)17-18-13(2)12-24-17/h4-7,12,14H,3,8-11H2,1-2H3. The summed E-state index contributed by atoms with van der Waals surface area (Å²) in [6.45, 7) is 4.41. The molecule has 0 radical (unpaired) electrons. The number of aromatic nitrogens is 1. The lowest BCUT2D eigenvalue weighted by atomic mass is 9.99. The van der Waals surface area contributed by atoms with Gasteiger partial charge in [0.25, 0.3) is 0 Å². The minimum absolute atomic E-state index is 0.0111. The lowest BCUT2D eigenvalue weighted by molar-refractivity contribution is 0.319. The van der Waals surface area contributed by atoms with Crippen molar-refractivity contribution in [2.45, 2.75) is 42.4 Å². The topological polar surface area (TPSA) is 84.4 Å². The third-order valence-corrected chi connectivity index (χ3v) is 9.43. The molecule has 1 aliphatic rings. The Balaban J connectivity index is 1.73. The Morgan fingerprint density at radius 3 is 2.15 bits per heavy atom. The maximum Gasteiger partial charge on any atom is 0.243 e. The van der Waals surface area contributed by atoms with E-state index in [9.17, 15) is 16.8 Å². The number of hydrogen-bond acceptors (Lipinski definition) is 6. The van der Waals surface area contributed by atoms with Gasteiger partial charge in [-0.2, -0.15) is 4.31 Å². The number of nitrogens with zero attached hydrogens (tertiary/aromatic N) is 2. The van der Waals surface area contributed by atoms with E-state index in [1.165, 1.54) is 28.6 Å². The van der Waals surface area contributed by atoms with Crippen LogP contribution in [0.25, 0.3) is 0 Å². The van der Waals surface area contributed by atoms with Crippen LogP contribution in [-0.4, -0.2) is 45.0 Å². The van der Waals surface area contributed by atoms with Crippen molar-refractivity contribution in [3.8, 4) is 0 Å². The summed E-state index contributed by atoms with van der Waals surface area (Å²) < 4.78 is 50.9. The lowest BCUT2D eigenvalue weighted by Gasteiger charge is -2.30. The highest BCUT2D eigenvalue weighted by atomic mass is 32.2. The Kier molecular flexibility index (Phi) is 5.53. The van der Waals surface area contributed by atoms with Gasteiger partial charge in [-0.05, 0) is 44.0 Å². The van der Waals surface area contributed by atoms with E-state index in [0.717, 1.165) is 23.5 Å². The van der Waals surface area contributed by atoms with Crippen molar-refractivity contribution in [2.24, 2.45) is 0 Å². The minimum atomic E-state index is -3.61. The number of thiazole rings is 1. The number of piperidine rings is 1. The van der Waals surface area contributed by atoms with Crippen molar-refractivity contribution in [1.82, 2.24) is 9.29 Å². The lowest BCUT2D eigenvalue weighted by Crippen LogP contribution is -2.37. The van der Waals surface area contributed by atoms with Crippen LogP contribution >= 0.6 is 11.3 Å². The van der Waals surface area contributed by atoms with Gasteiger partial charge in [0.05, 0.1) is 20.6 Å². The van der Waals surface area contributed by atoms with Crippen molar-refractivity contribution in [2.75, 3.05) is 18.8 Å². The molecule has 2 aromatic rings. The highest BCUT2D eigenvalue weighted by Crippen LogP contribution is 2.32. The zero-order valence-electron chi connectivity index (χ0n) is 14.8. The average molecular weight is 415 g/mol. The molecule has 1 aromatic heterocycles. The van der Waals surface area contributed by atoms with Gasteiger partial charge >= 0.3 is 0 Å². The molecule has 0 atom stereocenters. The van der Waals surface area contributed by atoms with Crippen LogP contribution in [0.4, 0.5) is 0 Å². The van der Waals surface area contributed by atoms with Crippen molar-refractivity contribution >= 4 is 31.2 Å². The summed E-state index contributed by atoms with van der Waals surface area (Å²) in [6, 6.07) is 5.51. The molecule has 1 fully saturated rings. The monoisotopic (exact) mass is 414 g/mol. The predicted molar refractivity (Wildman–Crippen MR) is 102 cm³/mol. The van der Waals surface area contributed by atoms with Gasteiger partial charge in [-0.3, -0.25) is 0 Å². The van der Waals surface area contributed by atoms with E-state index in [0.29, 0.717) is 19.0 Å². The molecule has 26 heavy (non-hydrogen) atoms. The first-order valence-corrected chi connectivity index (χ1v) is 12.5. The van der Waals surface area contributed by atoms with Gasteiger partial charge < -0.3 is 0 Å². The van der Waals surface area contributed by atoms with E-state index < -0.39 is 19.9 Å². The van der Waals surface area contributed by atoms with Crippen LogP contribution in [0.15, 0.2) is 39.4 Å². The third kappa shape index (κ3) is 3.85. The zero-order chi connectivity index (χ0) is 18.9. The normalized spacial score (nSPS) is 17.5. The molecular formula is C17H22N2O4S3. The largest absolute Gasteiger partial charge is 0.246 e. The fraction of sp³-hybridized carbons (Fsp3) is 0.471. The maximum absolute atomic E-state index is 12.8. The highest BCUT2D eigenvalue weighted by Gasteiger charge is 2.31. The first-order valence-electron chi connectivity index (χ1n) is 8.49. The van der Waals surface area contributed by atoms with Gasteiger partial charge in [-0.15, -0.1) is 11.3 Å². The summed E-state index contributed by atoms with van der Waals surface area (Å²) >= 11 is 1.63. The Hall–Kier alpha value is -1.29. The van der Waals surface area contributed by atoms with E-state index in [2.05, 4.69) is 4.98 Å². The maximum atomic E-state index is 12.8. The predicted octanol–water partition coefficient (Wildman–Crippen LogP) is 2.81. The quantitative estimate of drug-likeness (QED) is 0.751. The van der Waals surface area contributed by atoms with Crippen LogP contribution in [0.1, 0.15) is 36.4 Å². The SMILES string of the molecule is CCS(=O)(=O)c1ccc(S(=O)(=O)N2CCC(c3nc(C)cs3)CC2)cc1. The number of sulfone groups is 1. The molecule has 2 heterocycles. The fourth-order valence-electron chi connectivity index (χ4n) is 3.04. The summed E-state index contributed by atoms with van der Waals surface area (Å²) in [5, 5.41) is 3.10. The van der Waals surface area contributed by atoms with Crippen molar-refractivity contribution in [3.63, 3.8) is 0 Å². The number of sulfonamides is 1. The van der Waals surface area contributed by atoms with Crippen LogP contribution in [0.5, 0.6) is 0 Å². The van der Waals surface area contributed by atoms with Gasteiger partial charge in [0.15, 0.2) is 9.84 Å². The summed E-state index contributed by atoms with van der Waals surface area (Å²) in [5.74, 6) is 0.292. The number of rotatable bonds is 5. The van der Waals surface area contributed by atoms with Crippen molar-refractivity contribution in [3.05, 3.63) is 40.3 Å². The third-order valence-electron chi connectivity index (χ3n) is 4.64. The Bertz CT molecular complexity index is 971. The molecule has 0 bridgehead atoms. The second kappa shape index (κ2) is 7.38. The van der Waals surface area contributed by atoms with E-state index in [1.54, 1.807) is 18.3 Å². The Labute approximate surface area is 158 Å². The smallest absolute Gasteiger partial charge is 0.243 e. The summed E-state index contributed by atoms with van der Waals surface area (Å²) in [5.41, 5.74) is 1.00. The van der Waals surface area contributed by atoms with Crippen LogP contribution in [0.3, 0.4) is 0 Å². The number of aryl methyl sites for hydroxylation is 1. The van der Waals surface area contributed by atoms with Crippen molar-refractivity contribution in [1.29, 1.82) is 0 Å². The molecule has 0 saturated carbocycles. The Morgan fingerprint density at radius 1 is 1.08 bits per heavy atom. The molecule has 3 rings (SSSR count). The molecule has 6 nitrogen and oxygen atoms in total. The van der Waals surface area contributed by atoms with Crippen LogP contribution < -0.4 is 0 Å². The van der Waals surface area contributed by atoms with Gasteiger partial charge in [-0.25, -0.2) is 21.8 Å². The van der Waals surface area contributed by atoms with Gasteiger partial charge in [0.1, 0.15) is 0 Å². The number of benzene rings is 1. The van der Waals surface area contributed by atoms with E-state index in [4.69, 9.17) is 0 Å². The van der Waals surface area contributed by atoms with Crippen molar-refractivity contribution < 1.29 is 16.8 Å². The fourth-order valence-corrected chi connectivity index (χ4v) is 6.36. The molecule has 9 heteroatoms. The molecule has 1 aromatic carbocycles. The molecule has 142 valence electrons. The molecule has 1 saturated heterocycles. The number of hydrogen-bond donors (Lipinski definition) is 0. The zero-order valence-corrected chi connectivity index (χ0v) is 17.2. The van der Waals surface area contributed by atoms with E-state index >= 15 is 0 Å². The summed E-state index contributed by atoms with van der Waals surface area (Å²) in [6.07, 6.45) is 1.49. The van der Waals surface area contributed by atoms with Crippen LogP contribution in [-0.2, 0) is 19.9 Å². The molecule has 0 unspecified atom stereocenters. The molecule has 0 N–H and O–H groups in total. The molecular weight excluding hydrogens is 392 g/mol. The Morgan fingerprint density at radius 2 is 1.65 bits per heavy atom. The minimum Gasteiger partial charge on any atom is -0.246 e. The highest BCUT2D eigenvalue weighted by molar-refractivity contribution is 7.91. The second-order valence-corrected chi connectivity index (χ2v) is 11.5. The average Bonchev–Trinajstić information content (AvgIpc) is 3.08. The van der Waals surface area contributed by atoms with E-state index in [-0.39, 0.29) is 15.5 Å². The summed E-state index contributed by atoms with van der Waals surface area (Å²) in [4.78, 5) is 4.80.